The number of aromatic nitrogens is 3. The average Bonchev–Trinajstić information content (AvgIpc) is 2.77. The highest BCUT2D eigenvalue weighted by Gasteiger charge is 2.20. The molecule has 6 nitrogen and oxygen atoms in total. The smallest absolute Gasteiger partial charge is 0.290 e. The predicted molar refractivity (Wildman–Crippen MR) is 103 cm³/mol. The average molecular weight is 373 g/mol. The molecule has 0 aliphatic heterocycles. The fourth-order valence-corrected chi connectivity index (χ4v) is 3.95. The Labute approximate surface area is 153 Å². The number of fused-ring (bicyclic) bond motifs is 1. The van der Waals surface area contributed by atoms with E-state index in [4.69, 9.17) is 0 Å². The third-order valence-corrected chi connectivity index (χ3v) is 5.33. The fourth-order valence-electron chi connectivity index (χ4n) is 3.05. The first kappa shape index (κ1) is 18.4. The third kappa shape index (κ3) is 3.31. The van der Waals surface area contributed by atoms with Crippen LogP contribution < -0.4 is 5.69 Å². The lowest BCUT2D eigenvalue weighted by atomic mass is 9.97. The van der Waals surface area contributed by atoms with Crippen LogP contribution in [0.3, 0.4) is 0 Å². The van der Waals surface area contributed by atoms with Crippen molar-refractivity contribution in [1.82, 2.24) is 14.1 Å². The molecular formula is C19H23N3O3S. The van der Waals surface area contributed by atoms with Crippen molar-refractivity contribution in [2.24, 2.45) is 12.5 Å². The van der Waals surface area contributed by atoms with Crippen molar-refractivity contribution < 1.29 is 8.42 Å². The van der Waals surface area contributed by atoms with Crippen molar-refractivity contribution in [3.8, 4) is 11.3 Å². The number of sulfone groups is 1. The van der Waals surface area contributed by atoms with Crippen LogP contribution in [-0.4, -0.2) is 28.8 Å². The highest BCUT2D eigenvalue weighted by Crippen LogP contribution is 2.28. The molecule has 0 aliphatic carbocycles. The van der Waals surface area contributed by atoms with E-state index in [9.17, 15) is 13.2 Å². The molecule has 2 heterocycles. The molecule has 1 aromatic carbocycles. The van der Waals surface area contributed by atoms with Gasteiger partial charge in [-0.05, 0) is 23.6 Å². The van der Waals surface area contributed by atoms with Crippen LogP contribution in [0.5, 0.6) is 0 Å². The van der Waals surface area contributed by atoms with E-state index in [-0.39, 0.29) is 16.0 Å². The summed E-state index contributed by atoms with van der Waals surface area (Å²) in [5.74, 6) is 0. The van der Waals surface area contributed by atoms with Crippen molar-refractivity contribution >= 4 is 21.0 Å². The number of nitrogens with zero attached hydrogens (tertiary/aromatic N) is 3. The largest absolute Gasteiger partial charge is 0.330 e. The van der Waals surface area contributed by atoms with Gasteiger partial charge in [0.15, 0.2) is 15.5 Å². The molecule has 0 N–H and O–H groups in total. The van der Waals surface area contributed by atoms with Gasteiger partial charge in [0, 0.05) is 25.4 Å². The van der Waals surface area contributed by atoms with Gasteiger partial charge < -0.3 is 0 Å². The van der Waals surface area contributed by atoms with E-state index in [0.29, 0.717) is 23.4 Å². The summed E-state index contributed by atoms with van der Waals surface area (Å²) >= 11 is 0. The number of hydrogen-bond acceptors (Lipinski definition) is 4. The number of imidazole rings is 1. The molecule has 0 fully saturated rings. The molecule has 0 aliphatic rings. The van der Waals surface area contributed by atoms with E-state index in [0.717, 1.165) is 5.52 Å². The lowest BCUT2D eigenvalue weighted by Gasteiger charge is -2.18. The summed E-state index contributed by atoms with van der Waals surface area (Å²) < 4.78 is 27.4. The molecule has 0 radical (unpaired) electrons. The monoisotopic (exact) mass is 373 g/mol. The number of hydrogen-bond donors (Lipinski definition) is 0. The van der Waals surface area contributed by atoms with Gasteiger partial charge in [-0.3, -0.25) is 9.13 Å². The fraction of sp³-hybridized carbons (Fsp3) is 0.368. The topological polar surface area (TPSA) is 74.0 Å². The molecule has 0 amide bonds. The zero-order valence-corrected chi connectivity index (χ0v) is 16.5. The minimum Gasteiger partial charge on any atom is -0.290 e. The predicted octanol–water partition coefficient (Wildman–Crippen LogP) is 2.85. The molecule has 7 heteroatoms. The highest BCUT2D eigenvalue weighted by atomic mass is 32.2. The second kappa shape index (κ2) is 6.09. The van der Waals surface area contributed by atoms with Gasteiger partial charge in [0.2, 0.25) is 0 Å². The Morgan fingerprint density at radius 3 is 2.35 bits per heavy atom. The van der Waals surface area contributed by atoms with Gasteiger partial charge in [0.05, 0.1) is 16.1 Å². The minimum absolute atomic E-state index is 0.0559. The Morgan fingerprint density at radius 1 is 1.08 bits per heavy atom. The van der Waals surface area contributed by atoms with Gasteiger partial charge in [0.1, 0.15) is 0 Å². The third-order valence-electron chi connectivity index (χ3n) is 4.18. The number of benzene rings is 1. The molecule has 0 spiro atoms. The van der Waals surface area contributed by atoms with E-state index in [1.807, 2.05) is 6.07 Å². The first-order chi connectivity index (χ1) is 12.0. The van der Waals surface area contributed by atoms with Gasteiger partial charge in [0.25, 0.3) is 0 Å². The molecule has 3 aromatic rings. The summed E-state index contributed by atoms with van der Waals surface area (Å²) in [6.07, 6.45) is 1.18. The maximum Gasteiger partial charge on any atom is 0.330 e. The minimum atomic E-state index is -3.39. The second-order valence-corrected chi connectivity index (χ2v) is 9.78. The zero-order valence-electron chi connectivity index (χ0n) is 15.6. The summed E-state index contributed by atoms with van der Waals surface area (Å²) in [6, 6.07) is 10.4. The number of pyridine rings is 1. The van der Waals surface area contributed by atoms with Crippen LogP contribution in [0, 0.1) is 5.41 Å². The quantitative estimate of drug-likeness (QED) is 0.708. The van der Waals surface area contributed by atoms with E-state index in [2.05, 4.69) is 25.8 Å². The maximum absolute atomic E-state index is 12.6. The van der Waals surface area contributed by atoms with Gasteiger partial charge in [-0.25, -0.2) is 18.2 Å². The summed E-state index contributed by atoms with van der Waals surface area (Å²) in [6.45, 7) is 6.79. The molecule has 0 saturated heterocycles. The Kier molecular flexibility index (Phi) is 4.30. The van der Waals surface area contributed by atoms with Crippen LogP contribution in [0.1, 0.15) is 20.8 Å². The van der Waals surface area contributed by atoms with Gasteiger partial charge >= 0.3 is 5.69 Å². The molecule has 26 heavy (non-hydrogen) atoms. The summed E-state index contributed by atoms with van der Waals surface area (Å²) in [5.41, 5.74) is 2.17. The number of aryl methyl sites for hydroxylation is 1. The zero-order chi connectivity index (χ0) is 19.3. The molecular weight excluding hydrogens is 350 g/mol. The summed E-state index contributed by atoms with van der Waals surface area (Å²) in [5, 5.41) is 0. The van der Waals surface area contributed by atoms with E-state index in [1.165, 1.54) is 10.8 Å². The second-order valence-electron chi connectivity index (χ2n) is 7.80. The van der Waals surface area contributed by atoms with Crippen molar-refractivity contribution in [2.45, 2.75) is 32.2 Å². The van der Waals surface area contributed by atoms with Gasteiger partial charge in [-0.1, -0.05) is 39.0 Å². The molecule has 0 saturated carbocycles. The van der Waals surface area contributed by atoms with Crippen molar-refractivity contribution in [2.75, 3.05) is 6.26 Å². The molecule has 0 unspecified atom stereocenters. The molecule has 3 rings (SSSR count). The SMILES string of the molecule is Cn1c(=O)n(CC(C)(C)C)c2ccc(-c3ccccc3S(C)(=O)=O)nc21. The van der Waals surface area contributed by atoms with Crippen LogP contribution in [0.4, 0.5) is 0 Å². The molecule has 2 aromatic heterocycles. The summed E-state index contributed by atoms with van der Waals surface area (Å²) in [7, 11) is -1.70. The first-order valence-corrected chi connectivity index (χ1v) is 10.2. The Hall–Kier alpha value is -2.41. The molecule has 0 atom stereocenters. The normalized spacial score (nSPS) is 12.7. The number of rotatable bonds is 3. The van der Waals surface area contributed by atoms with E-state index >= 15 is 0 Å². The van der Waals surface area contributed by atoms with Crippen LogP contribution in [0.25, 0.3) is 22.4 Å². The van der Waals surface area contributed by atoms with Crippen LogP contribution >= 0.6 is 0 Å². The van der Waals surface area contributed by atoms with Crippen molar-refractivity contribution in [3.63, 3.8) is 0 Å². The van der Waals surface area contributed by atoms with Gasteiger partial charge in [-0.2, -0.15) is 0 Å². The van der Waals surface area contributed by atoms with Crippen LogP contribution in [-0.2, 0) is 23.4 Å². The highest BCUT2D eigenvalue weighted by molar-refractivity contribution is 7.90. The Bertz CT molecular complexity index is 1150. The Morgan fingerprint density at radius 2 is 1.73 bits per heavy atom. The maximum atomic E-state index is 12.6. The van der Waals surface area contributed by atoms with E-state index < -0.39 is 9.84 Å². The van der Waals surface area contributed by atoms with Crippen molar-refractivity contribution in [3.05, 3.63) is 46.9 Å². The lowest BCUT2D eigenvalue weighted by Crippen LogP contribution is -2.27. The summed E-state index contributed by atoms with van der Waals surface area (Å²) in [4.78, 5) is 17.5. The molecule has 138 valence electrons. The lowest BCUT2D eigenvalue weighted by molar-refractivity contribution is 0.342. The van der Waals surface area contributed by atoms with Crippen molar-refractivity contribution in [1.29, 1.82) is 0 Å². The molecule has 0 bridgehead atoms. The first-order valence-electron chi connectivity index (χ1n) is 8.35. The Balaban J connectivity index is 2.25. The standard InChI is InChI=1S/C19H23N3O3S/c1-19(2,3)12-22-15-11-10-14(20-17(15)21(4)18(22)23)13-8-6-7-9-16(13)26(5,24)25/h6-11H,12H2,1-5H3. The van der Waals surface area contributed by atoms with E-state index in [1.54, 1.807) is 41.9 Å². The van der Waals surface area contributed by atoms with Crippen LogP contribution in [0.15, 0.2) is 46.1 Å². The van der Waals surface area contributed by atoms with Crippen LogP contribution in [0.2, 0.25) is 0 Å². The van der Waals surface area contributed by atoms with Gasteiger partial charge in [-0.15, -0.1) is 0 Å².